The number of hydrogen-bond donors (Lipinski definition) is 1. The van der Waals surface area contributed by atoms with Gasteiger partial charge in [0.1, 0.15) is 5.75 Å². The van der Waals surface area contributed by atoms with Crippen LogP contribution in [0.5, 0.6) is 17.2 Å². The Morgan fingerprint density at radius 2 is 1.64 bits per heavy atom. The highest BCUT2D eigenvalue weighted by Gasteiger charge is 2.13. The molecule has 5 heteroatoms. The molecular formula is C23H31NO4. The normalized spacial score (nSPS) is 11.6. The minimum absolute atomic E-state index is 0.0512. The topological polar surface area (TPSA) is 56.8 Å². The first-order valence-electron chi connectivity index (χ1n) is 9.83. The summed E-state index contributed by atoms with van der Waals surface area (Å²) in [6.07, 6.45) is 0.299. The van der Waals surface area contributed by atoms with Crippen LogP contribution in [0.25, 0.3) is 0 Å². The van der Waals surface area contributed by atoms with E-state index in [1.807, 2.05) is 71.0 Å². The van der Waals surface area contributed by atoms with Crippen molar-refractivity contribution in [2.75, 3.05) is 19.8 Å². The minimum Gasteiger partial charge on any atom is -0.493 e. The van der Waals surface area contributed by atoms with Crippen molar-refractivity contribution in [3.8, 4) is 17.2 Å². The third-order valence-corrected chi connectivity index (χ3v) is 4.38. The van der Waals surface area contributed by atoms with Gasteiger partial charge in [-0.2, -0.15) is 0 Å². The van der Waals surface area contributed by atoms with E-state index in [0.29, 0.717) is 37.7 Å². The monoisotopic (exact) mass is 385 g/mol. The van der Waals surface area contributed by atoms with Crippen LogP contribution in [0.1, 0.15) is 49.9 Å². The summed E-state index contributed by atoms with van der Waals surface area (Å²) in [4.78, 5) is 12.3. The summed E-state index contributed by atoms with van der Waals surface area (Å²) in [5.74, 6) is 2.19. The molecule has 0 aliphatic rings. The lowest BCUT2D eigenvalue weighted by Crippen LogP contribution is -2.28. The number of ether oxygens (including phenoxy) is 3. The highest BCUT2D eigenvalue weighted by atomic mass is 16.5. The second-order valence-corrected chi connectivity index (χ2v) is 6.73. The number of aryl methyl sites for hydroxylation is 2. The average Bonchev–Trinajstić information content (AvgIpc) is 2.66. The van der Waals surface area contributed by atoms with Gasteiger partial charge in [-0.3, -0.25) is 4.79 Å². The van der Waals surface area contributed by atoms with Gasteiger partial charge in [-0.25, -0.2) is 0 Å². The maximum absolute atomic E-state index is 12.3. The fraction of sp³-hybridized carbons (Fsp3) is 0.435. The number of nitrogens with one attached hydrogen (secondary N) is 1. The van der Waals surface area contributed by atoms with E-state index in [4.69, 9.17) is 14.2 Å². The summed E-state index contributed by atoms with van der Waals surface area (Å²) < 4.78 is 17.0. The number of hydrogen-bond acceptors (Lipinski definition) is 4. The maximum atomic E-state index is 12.3. The molecule has 152 valence electrons. The van der Waals surface area contributed by atoms with Crippen LogP contribution in [0.3, 0.4) is 0 Å². The van der Waals surface area contributed by atoms with Crippen LogP contribution >= 0.6 is 0 Å². The van der Waals surface area contributed by atoms with E-state index in [-0.39, 0.29) is 11.9 Å². The molecule has 2 rings (SSSR count). The Labute approximate surface area is 168 Å². The molecule has 1 atom stereocenters. The maximum Gasteiger partial charge on any atom is 0.223 e. The molecule has 5 nitrogen and oxygen atoms in total. The third kappa shape index (κ3) is 6.19. The Morgan fingerprint density at radius 1 is 0.929 bits per heavy atom. The molecule has 0 saturated carbocycles. The van der Waals surface area contributed by atoms with Crippen LogP contribution in [0.4, 0.5) is 0 Å². The first-order chi connectivity index (χ1) is 13.4. The number of carbonyl (C=O) groups excluding carboxylic acids is 1. The fourth-order valence-corrected chi connectivity index (χ4v) is 2.85. The van der Waals surface area contributed by atoms with E-state index in [0.717, 1.165) is 22.4 Å². The quantitative estimate of drug-likeness (QED) is 0.641. The van der Waals surface area contributed by atoms with Gasteiger partial charge in [0, 0.05) is 0 Å². The Hall–Kier alpha value is -2.69. The average molecular weight is 386 g/mol. The highest BCUT2D eigenvalue weighted by molar-refractivity contribution is 5.76. The van der Waals surface area contributed by atoms with Crippen molar-refractivity contribution in [1.29, 1.82) is 0 Å². The van der Waals surface area contributed by atoms with Crippen LogP contribution in [0.15, 0.2) is 36.4 Å². The van der Waals surface area contributed by atoms with E-state index in [1.54, 1.807) is 0 Å². The van der Waals surface area contributed by atoms with Crippen LogP contribution in [-0.4, -0.2) is 25.7 Å². The Morgan fingerprint density at radius 3 is 2.36 bits per heavy atom. The van der Waals surface area contributed by atoms with E-state index in [2.05, 4.69) is 5.32 Å². The molecule has 0 aliphatic carbocycles. The zero-order valence-corrected chi connectivity index (χ0v) is 17.5. The molecule has 0 spiro atoms. The molecule has 1 N–H and O–H groups in total. The van der Waals surface area contributed by atoms with Gasteiger partial charge in [-0.15, -0.1) is 0 Å². The minimum atomic E-state index is -0.136. The van der Waals surface area contributed by atoms with E-state index < -0.39 is 0 Å². The summed E-state index contributed by atoms with van der Waals surface area (Å²) in [6.45, 7) is 11.3. The van der Waals surface area contributed by atoms with Crippen LogP contribution in [-0.2, 0) is 4.79 Å². The smallest absolute Gasteiger partial charge is 0.223 e. The van der Waals surface area contributed by atoms with Crippen LogP contribution in [0, 0.1) is 13.8 Å². The lowest BCUT2D eigenvalue weighted by atomic mass is 10.1. The van der Waals surface area contributed by atoms with E-state index in [9.17, 15) is 4.79 Å². The van der Waals surface area contributed by atoms with Gasteiger partial charge in [-0.1, -0.05) is 18.2 Å². The lowest BCUT2D eigenvalue weighted by molar-refractivity contribution is -0.122. The van der Waals surface area contributed by atoms with Crippen molar-refractivity contribution >= 4 is 5.91 Å². The largest absolute Gasteiger partial charge is 0.493 e. The van der Waals surface area contributed by atoms with Crippen LogP contribution in [0.2, 0.25) is 0 Å². The Balaban J connectivity index is 1.91. The molecule has 0 bridgehead atoms. The highest BCUT2D eigenvalue weighted by Crippen LogP contribution is 2.30. The molecular weight excluding hydrogens is 354 g/mol. The number of rotatable bonds is 10. The molecule has 1 amide bonds. The summed E-state index contributed by atoms with van der Waals surface area (Å²) in [5, 5.41) is 3.01. The van der Waals surface area contributed by atoms with Crippen molar-refractivity contribution in [3.05, 3.63) is 53.1 Å². The van der Waals surface area contributed by atoms with Crippen molar-refractivity contribution in [1.82, 2.24) is 5.32 Å². The third-order valence-electron chi connectivity index (χ3n) is 4.38. The molecule has 0 radical (unpaired) electrons. The lowest BCUT2D eigenvalue weighted by Gasteiger charge is -2.18. The molecule has 0 fully saturated rings. The zero-order valence-electron chi connectivity index (χ0n) is 17.5. The molecule has 0 saturated heterocycles. The fourth-order valence-electron chi connectivity index (χ4n) is 2.85. The van der Waals surface area contributed by atoms with Crippen molar-refractivity contribution in [3.63, 3.8) is 0 Å². The molecule has 0 aromatic heterocycles. The predicted octanol–water partition coefficient (Wildman–Crippen LogP) is 4.75. The number of amides is 1. The summed E-state index contributed by atoms with van der Waals surface area (Å²) in [6, 6.07) is 11.7. The zero-order chi connectivity index (χ0) is 20.5. The molecule has 0 unspecified atom stereocenters. The predicted molar refractivity (Wildman–Crippen MR) is 111 cm³/mol. The van der Waals surface area contributed by atoms with E-state index in [1.165, 1.54) is 0 Å². The van der Waals surface area contributed by atoms with Crippen molar-refractivity contribution in [2.45, 2.75) is 47.1 Å². The number of benzene rings is 2. The van der Waals surface area contributed by atoms with Gasteiger partial charge in [0.05, 0.1) is 32.3 Å². The standard InChI is InChI=1S/C23H31NO4/c1-6-26-20-11-10-19(15-22(20)27-7-2)18(5)24-23(25)12-13-28-21-14-16(3)8-9-17(21)4/h8-11,14-15,18H,6-7,12-13H2,1-5H3,(H,24,25)/t18-/m1/s1. The van der Waals surface area contributed by atoms with Gasteiger partial charge in [0.25, 0.3) is 0 Å². The molecule has 0 heterocycles. The van der Waals surface area contributed by atoms with E-state index >= 15 is 0 Å². The van der Waals surface area contributed by atoms with Crippen molar-refractivity contribution < 1.29 is 19.0 Å². The van der Waals surface area contributed by atoms with Crippen molar-refractivity contribution in [2.24, 2.45) is 0 Å². The van der Waals surface area contributed by atoms with Gasteiger partial charge in [0.15, 0.2) is 11.5 Å². The second kappa shape index (κ2) is 10.6. The first-order valence-corrected chi connectivity index (χ1v) is 9.83. The SMILES string of the molecule is CCOc1ccc([C@@H](C)NC(=O)CCOc2cc(C)ccc2C)cc1OCC. The van der Waals surface area contributed by atoms with Gasteiger partial charge >= 0.3 is 0 Å². The molecule has 2 aromatic carbocycles. The second-order valence-electron chi connectivity index (χ2n) is 6.73. The number of carbonyl (C=O) groups is 1. The van der Waals surface area contributed by atoms with Gasteiger partial charge in [0.2, 0.25) is 5.91 Å². The summed E-state index contributed by atoms with van der Waals surface area (Å²) in [7, 11) is 0. The molecule has 2 aromatic rings. The summed E-state index contributed by atoms with van der Waals surface area (Å²) >= 11 is 0. The Kier molecular flexibility index (Phi) is 8.18. The van der Waals surface area contributed by atoms with Gasteiger partial charge in [-0.05, 0) is 69.5 Å². The first kappa shape index (κ1) is 21.6. The molecule has 28 heavy (non-hydrogen) atoms. The molecule has 0 aliphatic heterocycles. The summed E-state index contributed by atoms with van der Waals surface area (Å²) in [5.41, 5.74) is 3.17. The van der Waals surface area contributed by atoms with Crippen LogP contribution < -0.4 is 19.5 Å². The van der Waals surface area contributed by atoms with Gasteiger partial charge < -0.3 is 19.5 Å². The Bertz CT molecular complexity index is 788.